The Kier molecular flexibility index (Phi) is 10.3. The van der Waals surface area contributed by atoms with Gasteiger partial charge in [-0.05, 0) is 68.5 Å². The van der Waals surface area contributed by atoms with Gasteiger partial charge in [0.1, 0.15) is 0 Å². The van der Waals surface area contributed by atoms with Gasteiger partial charge in [-0.15, -0.1) is 0 Å². The van der Waals surface area contributed by atoms with Crippen LogP contribution in [-0.4, -0.2) is 58.6 Å². The topological polar surface area (TPSA) is 40.6 Å². The number of hydrogen-bond donors (Lipinski definition) is 0. The maximum atomic E-state index is 13.0. The first kappa shape index (κ1) is 27.0. The molecule has 0 saturated heterocycles. The highest BCUT2D eigenvalue weighted by Gasteiger charge is 2.40. The molecule has 0 aliphatic carbocycles. The molecule has 0 radical (unpaired) electrons. The van der Waals surface area contributed by atoms with Gasteiger partial charge in [0.05, 0.1) is 11.1 Å². The Bertz CT molecular complexity index is 503. The van der Waals surface area contributed by atoms with Gasteiger partial charge >= 0.3 is 0 Å². The summed E-state index contributed by atoms with van der Waals surface area (Å²) in [6, 6.07) is 0.557. The van der Waals surface area contributed by atoms with Crippen LogP contribution >= 0.6 is 0 Å². The van der Waals surface area contributed by atoms with E-state index in [0.717, 1.165) is 0 Å². The van der Waals surface area contributed by atoms with Crippen LogP contribution < -0.4 is 0 Å². The molecule has 0 aliphatic rings. The summed E-state index contributed by atoms with van der Waals surface area (Å²) in [4.78, 5) is 30.2. The minimum absolute atomic E-state index is 0.0144. The van der Waals surface area contributed by atoms with Gasteiger partial charge in [-0.1, -0.05) is 39.8 Å². The zero-order valence-electron chi connectivity index (χ0n) is 20.6. The number of Topliss-reactive ketones (excluding diaryl/α,β-unsaturated/α-hetero) is 2. The number of likely N-dealkylation sites (N-methyl/N-ethyl adjacent to an activating group) is 2. The third-order valence-electron chi connectivity index (χ3n) is 6.41. The highest BCUT2D eigenvalue weighted by Crippen LogP contribution is 2.28. The van der Waals surface area contributed by atoms with Crippen LogP contribution in [0.2, 0.25) is 0 Å². The van der Waals surface area contributed by atoms with E-state index in [1.165, 1.54) is 0 Å². The molecule has 0 saturated carbocycles. The molecule has 0 heterocycles. The molecule has 0 amide bonds. The third kappa shape index (κ3) is 6.25. The predicted octanol–water partition coefficient (Wildman–Crippen LogP) is 4.97. The molecule has 28 heavy (non-hydrogen) atoms. The highest BCUT2D eigenvalue weighted by atomic mass is 16.1. The molecule has 0 aliphatic heterocycles. The van der Waals surface area contributed by atoms with Gasteiger partial charge in [0, 0.05) is 23.9 Å². The lowest BCUT2D eigenvalue weighted by Gasteiger charge is -2.41. The Morgan fingerprint density at radius 1 is 0.679 bits per heavy atom. The second-order valence-electron chi connectivity index (χ2n) is 9.87. The van der Waals surface area contributed by atoms with Crippen LogP contribution in [0.25, 0.3) is 0 Å². The minimum atomic E-state index is -0.540. The first-order valence-electron chi connectivity index (χ1n) is 10.8. The number of carbonyl (C=O) groups is 2. The maximum absolute atomic E-state index is 13.0. The van der Waals surface area contributed by atoms with E-state index >= 15 is 0 Å². The zero-order valence-corrected chi connectivity index (χ0v) is 20.6. The second-order valence-corrected chi connectivity index (χ2v) is 9.87. The Labute approximate surface area is 174 Å². The quantitative estimate of drug-likeness (QED) is 0.438. The summed E-state index contributed by atoms with van der Waals surface area (Å²) in [5, 5.41) is 0. The lowest BCUT2D eigenvalue weighted by Crippen LogP contribution is -2.55. The summed E-state index contributed by atoms with van der Waals surface area (Å²) < 4.78 is 0. The van der Waals surface area contributed by atoms with Gasteiger partial charge in [-0.2, -0.15) is 0 Å². The van der Waals surface area contributed by atoms with Gasteiger partial charge < -0.3 is 0 Å². The molecule has 0 bridgehead atoms. The number of hydrogen-bond acceptors (Lipinski definition) is 4. The van der Waals surface area contributed by atoms with Crippen molar-refractivity contribution in [3.8, 4) is 0 Å². The van der Waals surface area contributed by atoms with E-state index in [1.807, 2.05) is 55.6 Å². The van der Waals surface area contributed by atoms with Crippen molar-refractivity contribution in [2.24, 2.45) is 11.8 Å². The first-order chi connectivity index (χ1) is 12.6. The summed E-state index contributed by atoms with van der Waals surface area (Å²) >= 11 is 0. The van der Waals surface area contributed by atoms with E-state index in [-0.39, 0.29) is 35.5 Å². The van der Waals surface area contributed by atoms with Crippen LogP contribution in [0.15, 0.2) is 12.2 Å². The average Bonchev–Trinajstić information content (AvgIpc) is 2.61. The van der Waals surface area contributed by atoms with E-state index in [0.29, 0.717) is 12.8 Å². The van der Waals surface area contributed by atoms with Crippen LogP contribution in [0, 0.1) is 11.8 Å². The van der Waals surface area contributed by atoms with Gasteiger partial charge in [-0.25, -0.2) is 0 Å². The van der Waals surface area contributed by atoms with Crippen molar-refractivity contribution in [1.29, 1.82) is 0 Å². The smallest absolute Gasteiger partial charge is 0.155 e. The summed E-state index contributed by atoms with van der Waals surface area (Å²) in [6.45, 7) is 20.4. The number of nitrogens with zero attached hydrogens (tertiary/aromatic N) is 2. The molecule has 2 atom stereocenters. The van der Waals surface area contributed by atoms with Crippen LogP contribution in [-0.2, 0) is 9.59 Å². The Morgan fingerprint density at radius 2 is 0.929 bits per heavy atom. The molecule has 0 spiro atoms. The van der Waals surface area contributed by atoms with E-state index < -0.39 is 11.1 Å². The molecule has 0 aromatic carbocycles. The zero-order chi connectivity index (χ0) is 22.4. The van der Waals surface area contributed by atoms with Gasteiger partial charge in [0.15, 0.2) is 11.6 Å². The summed E-state index contributed by atoms with van der Waals surface area (Å²) in [7, 11) is 4.05. The number of rotatable bonds is 12. The molecule has 0 fully saturated rings. The van der Waals surface area contributed by atoms with Crippen molar-refractivity contribution in [2.75, 3.05) is 14.1 Å². The van der Waals surface area contributed by atoms with Crippen LogP contribution in [0.1, 0.15) is 82.1 Å². The van der Waals surface area contributed by atoms with Gasteiger partial charge in [0.25, 0.3) is 0 Å². The third-order valence-corrected chi connectivity index (χ3v) is 6.41. The minimum Gasteiger partial charge on any atom is -0.297 e. The van der Waals surface area contributed by atoms with Crippen molar-refractivity contribution in [3.05, 3.63) is 12.2 Å². The van der Waals surface area contributed by atoms with E-state index in [9.17, 15) is 9.59 Å². The number of carbonyl (C=O) groups excluding carboxylic acids is 2. The standard InChI is InChI=1S/C24H46N2O2/c1-17(2)21(27)23(9,25(11)19(5)6)15-13-14-16-24(10,22(28)18(3)4)26(12)20(7)8/h13-14,17-20H,15-16H2,1-12H3/b14-13-. The van der Waals surface area contributed by atoms with Crippen LogP contribution in [0.3, 0.4) is 0 Å². The molecular weight excluding hydrogens is 348 g/mol. The Balaban J connectivity index is 5.61. The molecule has 2 unspecified atom stereocenters. The lowest BCUT2D eigenvalue weighted by atomic mass is 9.82. The normalized spacial score (nSPS) is 17.4. The van der Waals surface area contributed by atoms with Crippen molar-refractivity contribution in [1.82, 2.24) is 9.80 Å². The van der Waals surface area contributed by atoms with Crippen molar-refractivity contribution in [3.63, 3.8) is 0 Å². The molecule has 164 valence electrons. The van der Waals surface area contributed by atoms with Crippen molar-refractivity contribution < 1.29 is 9.59 Å². The molecule has 0 N–H and O–H groups in total. The fourth-order valence-corrected chi connectivity index (χ4v) is 3.85. The van der Waals surface area contributed by atoms with Crippen LogP contribution in [0.4, 0.5) is 0 Å². The molecule has 0 rings (SSSR count). The molecule has 0 aromatic heterocycles. The summed E-state index contributed by atoms with van der Waals surface area (Å²) in [6.07, 6.45) is 5.49. The maximum Gasteiger partial charge on any atom is 0.155 e. The fraction of sp³-hybridized carbons (Fsp3) is 0.833. The van der Waals surface area contributed by atoms with Crippen molar-refractivity contribution >= 4 is 11.6 Å². The molecular formula is C24H46N2O2. The molecule has 4 heteroatoms. The van der Waals surface area contributed by atoms with E-state index in [4.69, 9.17) is 0 Å². The highest BCUT2D eigenvalue weighted by molar-refractivity contribution is 5.90. The average molecular weight is 395 g/mol. The van der Waals surface area contributed by atoms with Gasteiger partial charge in [0.2, 0.25) is 0 Å². The number of ketones is 2. The predicted molar refractivity (Wildman–Crippen MR) is 121 cm³/mol. The Hall–Kier alpha value is -1.00. The van der Waals surface area contributed by atoms with Crippen molar-refractivity contribution in [2.45, 2.75) is 105 Å². The van der Waals surface area contributed by atoms with Gasteiger partial charge in [-0.3, -0.25) is 19.4 Å². The SMILES string of the molecule is CC(C)C(=O)C(C)(C/C=C\CC(C)(C(=O)C(C)C)N(C)C(C)C)N(C)C(C)C. The lowest BCUT2D eigenvalue weighted by molar-refractivity contribution is -0.134. The first-order valence-corrected chi connectivity index (χ1v) is 10.8. The van der Waals surface area contributed by atoms with E-state index in [2.05, 4.69) is 49.6 Å². The monoisotopic (exact) mass is 394 g/mol. The summed E-state index contributed by atoms with van der Waals surface area (Å²) in [5.74, 6) is 0.487. The molecule has 0 aromatic rings. The Morgan fingerprint density at radius 3 is 1.11 bits per heavy atom. The fourth-order valence-electron chi connectivity index (χ4n) is 3.85. The summed E-state index contributed by atoms with van der Waals surface area (Å²) in [5.41, 5.74) is -1.08. The van der Waals surface area contributed by atoms with E-state index in [1.54, 1.807) is 0 Å². The second kappa shape index (κ2) is 10.7. The molecule has 4 nitrogen and oxygen atoms in total. The largest absolute Gasteiger partial charge is 0.297 e. The van der Waals surface area contributed by atoms with Crippen LogP contribution in [0.5, 0.6) is 0 Å².